The van der Waals surface area contributed by atoms with Crippen LogP contribution >= 0.6 is 15.9 Å². The lowest BCUT2D eigenvalue weighted by Crippen LogP contribution is -2.42. The summed E-state index contributed by atoms with van der Waals surface area (Å²) in [5.41, 5.74) is 7.54. The minimum atomic E-state index is -4.15. The minimum Gasteiger partial charge on any atom is -0.466 e. The van der Waals surface area contributed by atoms with E-state index in [4.69, 9.17) is 15.2 Å². The molecule has 5 N–H and O–H groups in total. The van der Waals surface area contributed by atoms with Gasteiger partial charge in [0.05, 0.1) is 24.5 Å². The molecule has 0 spiro atoms. The molecule has 1 amide bonds. The third-order valence-corrected chi connectivity index (χ3v) is 8.92. The number of carbonyl (C=O) groups excluding carboxylic acids is 3. The molecule has 43 heavy (non-hydrogen) atoms. The Morgan fingerprint density at radius 3 is 2.47 bits per heavy atom. The van der Waals surface area contributed by atoms with E-state index in [2.05, 4.69) is 35.9 Å². The second kappa shape index (κ2) is 13.4. The molecular weight excluding hydrogens is 646 g/mol. The van der Waals surface area contributed by atoms with Gasteiger partial charge in [0.2, 0.25) is 5.95 Å². The Labute approximate surface area is 255 Å². The first-order valence-corrected chi connectivity index (χ1v) is 15.7. The maximum atomic E-state index is 13.4. The number of halogens is 1. The van der Waals surface area contributed by atoms with Crippen molar-refractivity contribution in [2.45, 2.75) is 50.5 Å². The van der Waals surface area contributed by atoms with Gasteiger partial charge < -0.3 is 20.5 Å². The Kier molecular flexibility index (Phi) is 9.86. The van der Waals surface area contributed by atoms with Crippen LogP contribution in [0.5, 0.6) is 0 Å². The third-order valence-electron chi connectivity index (χ3n) is 6.58. The maximum absolute atomic E-state index is 13.4. The van der Waals surface area contributed by atoms with E-state index in [-0.39, 0.29) is 53.7 Å². The van der Waals surface area contributed by atoms with Gasteiger partial charge in [0.15, 0.2) is 0 Å². The van der Waals surface area contributed by atoms with Crippen LogP contribution in [-0.2, 0) is 41.9 Å². The lowest BCUT2D eigenvalue weighted by atomic mass is 9.89. The van der Waals surface area contributed by atoms with Crippen molar-refractivity contribution in [2.75, 3.05) is 23.7 Å². The van der Waals surface area contributed by atoms with Crippen LogP contribution in [0.25, 0.3) is 11.1 Å². The largest absolute Gasteiger partial charge is 0.466 e. The van der Waals surface area contributed by atoms with Crippen molar-refractivity contribution in [3.05, 3.63) is 68.0 Å². The van der Waals surface area contributed by atoms with Gasteiger partial charge in [0.25, 0.3) is 21.5 Å². The number of aryl methyl sites for hydroxylation is 2. The molecule has 1 heterocycles. The van der Waals surface area contributed by atoms with Gasteiger partial charge in [0.1, 0.15) is 10.9 Å². The highest BCUT2D eigenvalue weighted by atomic mass is 79.9. The van der Waals surface area contributed by atoms with Crippen molar-refractivity contribution in [1.29, 1.82) is 0 Å². The molecule has 3 aromatic rings. The number of nitrogen functional groups attached to an aromatic ring is 1. The number of H-pyrrole nitrogens is 1. The third kappa shape index (κ3) is 7.40. The van der Waals surface area contributed by atoms with E-state index in [1.807, 2.05) is 0 Å². The standard InChI is InChI=1S/C28H30BrN5O8S/c1-3-41-23(35)12-11-21(27(38)42-4-2)31-25(36)15-5-8-17(9-6-15)34-43(39,40)22-14-18-16(13-19(22)29)7-10-20-24(18)26(37)33-28(30)32-20/h5-6,8-9,13-14,21,34H,3-4,7,10-12H2,1-2H3,(H,31,36)(H3,30,32,33,37)/t21-/m1/s1. The van der Waals surface area contributed by atoms with E-state index in [0.29, 0.717) is 28.6 Å². The van der Waals surface area contributed by atoms with E-state index in [1.165, 1.54) is 30.3 Å². The van der Waals surface area contributed by atoms with Crippen molar-refractivity contribution < 1.29 is 32.3 Å². The van der Waals surface area contributed by atoms with Crippen molar-refractivity contribution >= 4 is 55.4 Å². The zero-order valence-corrected chi connectivity index (χ0v) is 25.8. The highest BCUT2D eigenvalue weighted by Crippen LogP contribution is 2.36. The van der Waals surface area contributed by atoms with Crippen LogP contribution in [0.4, 0.5) is 11.6 Å². The molecule has 0 saturated heterocycles. The fourth-order valence-corrected chi connectivity index (χ4v) is 6.79. The number of anilines is 2. The molecule has 15 heteroatoms. The summed E-state index contributed by atoms with van der Waals surface area (Å²) in [6, 6.07) is 7.55. The number of carbonyl (C=O) groups is 3. The minimum absolute atomic E-state index is 0.0101. The second-order valence-corrected chi connectivity index (χ2v) is 12.0. The quantitative estimate of drug-likeness (QED) is 0.219. The first kappa shape index (κ1) is 31.7. The van der Waals surface area contributed by atoms with Crippen LogP contribution in [0.2, 0.25) is 0 Å². The molecule has 0 bridgehead atoms. The molecule has 1 aromatic heterocycles. The molecular formula is C28H30BrN5O8S. The average Bonchev–Trinajstić information content (AvgIpc) is 2.94. The summed E-state index contributed by atoms with van der Waals surface area (Å²) in [4.78, 5) is 56.2. The van der Waals surface area contributed by atoms with Crippen molar-refractivity contribution in [3.8, 4) is 11.1 Å². The summed E-state index contributed by atoms with van der Waals surface area (Å²) in [6.07, 6.45) is 0.922. The first-order valence-electron chi connectivity index (χ1n) is 13.4. The average molecular weight is 677 g/mol. The summed E-state index contributed by atoms with van der Waals surface area (Å²) in [6.45, 7) is 3.56. The number of ether oxygens (including phenoxy) is 2. The molecule has 228 valence electrons. The van der Waals surface area contributed by atoms with E-state index in [9.17, 15) is 27.6 Å². The Balaban J connectivity index is 1.52. The number of sulfonamides is 1. The number of benzene rings is 2. The molecule has 0 aliphatic heterocycles. The van der Waals surface area contributed by atoms with E-state index in [0.717, 1.165) is 5.56 Å². The Morgan fingerprint density at radius 2 is 1.79 bits per heavy atom. The number of fused-ring (bicyclic) bond motifs is 3. The molecule has 1 atom stereocenters. The lowest BCUT2D eigenvalue weighted by Gasteiger charge is -2.20. The smallest absolute Gasteiger partial charge is 0.328 e. The van der Waals surface area contributed by atoms with Crippen molar-refractivity contribution in [2.24, 2.45) is 0 Å². The second-order valence-electron chi connectivity index (χ2n) is 9.52. The molecule has 0 radical (unpaired) electrons. The van der Waals surface area contributed by atoms with Gasteiger partial charge in [-0.15, -0.1) is 0 Å². The molecule has 13 nitrogen and oxygen atoms in total. The van der Waals surface area contributed by atoms with E-state index in [1.54, 1.807) is 19.9 Å². The Bertz CT molecular complexity index is 1720. The summed E-state index contributed by atoms with van der Waals surface area (Å²) >= 11 is 3.34. The summed E-state index contributed by atoms with van der Waals surface area (Å²) < 4.78 is 39.5. The fourth-order valence-electron chi connectivity index (χ4n) is 4.62. The number of rotatable bonds is 11. The topological polar surface area (TPSA) is 200 Å². The summed E-state index contributed by atoms with van der Waals surface area (Å²) in [5.74, 6) is -1.83. The number of esters is 2. The Morgan fingerprint density at radius 1 is 1.09 bits per heavy atom. The Hall–Kier alpha value is -4.24. The number of aromatic amines is 1. The fraction of sp³-hybridized carbons (Fsp3) is 0.321. The SMILES string of the molecule is CCOC(=O)CC[C@@H](NC(=O)c1ccc(NS(=O)(=O)c2cc3c(cc2Br)CCc2nc(N)[nH]c(=O)c2-3)cc1)C(=O)OCC. The van der Waals surface area contributed by atoms with Gasteiger partial charge in [-0.25, -0.2) is 18.2 Å². The molecule has 0 unspecified atom stereocenters. The number of nitrogens with zero attached hydrogens (tertiary/aromatic N) is 1. The number of hydrogen-bond donors (Lipinski definition) is 4. The molecule has 4 rings (SSSR count). The monoisotopic (exact) mass is 675 g/mol. The molecule has 0 saturated carbocycles. The highest BCUT2D eigenvalue weighted by molar-refractivity contribution is 9.10. The van der Waals surface area contributed by atoms with Crippen LogP contribution in [0.1, 0.15) is 48.3 Å². The number of hydrogen-bond acceptors (Lipinski definition) is 10. The predicted molar refractivity (Wildman–Crippen MR) is 161 cm³/mol. The number of nitrogens with two attached hydrogens (primary N) is 1. The normalized spacial score (nSPS) is 12.8. The number of amides is 1. The maximum Gasteiger partial charge on any atom is 0.328 e. The number of aromatic nitrogens is 2. The van der Waals surface area contributed by atoms with E-state index >= 15 is 0 Å². The summed E-state index contributed by atoms with van der Waals surface area (Å²) in [5, 5.41) is 2.55. The highest BCUT2D eigenvalue weighted by Gasteiger charge is 2.27. The van der Waals surface area contributed by atoms with Gasteiger partial charge in [-0.2, -0.15) is 0 Å². The van der Waals surface area contributed by atoms with Gasteiger partial charge >= 0.3 is 11.9 Å². The van der Waals surface area contributed by atoms with Crippen molar-refractivity contribution in [1.82, 2.24) is 15.3 Å². The molecule has 1 aliphatic rings. The van der Waals surface area contributed by atoms with Gasteiger partial charge in [-0.05, 0) is 96.6 Å². The van der Waals surface area contributed by atoms with Crippen LogP contribution in [0.3, 0.4) is 0 Å². The molecule has 1 aliphatic carbocycles. The van der Waals surface area contributed by atoms with Gasteiger partial charge in [-0.1, -0.05) is 0 Å². The zero-order chi connectivity index (χ0) is 31.3. The first-order chi connectivity index (χ1) is 20.4. The van der Waals surface area contributed by atoms with Crippen molar-refractivity contribution in [3.63, 3.8) is 0 Å². The molecule has 0 fully saturated rings. The van der Waals surface area contributed by atoms with Gasteiger partial charge in [-0.3, -0.25) is 24.1 Å². The number of nitrogens with one attached hydrogen (secondary N) is 3. The lowest BCUT2D eigenvalue weighted by molar-refractivity contribution is -0.146. The van der Waals surface area contributed by atoms with Crippen LogP contribution in [0.15, 0.2) is 50.6 Å². The zero-order valence-electron chi connectivity index (χ0n) is 23.4. The van der Waals surface area contributed by atoms with E-state index < -0.39 is 39.5 Å². The summed E-state index contributed by atoms with van der Waals surface area (Å²) in [7, 11) is -4.15. The molecule has 2 aromatic carbocycles. The van der Waals surface area contributed by atoms with Gasteiger partial charge in [0, 0.05) is 22.1 Å². The van der Waals surface area contributed by atoms with Crippen LogP contribution in [0, 0.1) is 0 Å². The van der Waals surface area contributed by atoms with Crippen LogP contribution in [-0.4, -0.2) is 55.5 Å². The van der Waals surface area contributed by atoms with Crippen LogP contribution < -0.4 is 21.3 Å². The predicted octanol–water partition coefficient (Wildman–Crippen LogP) is 2.69.